The molecule has 3 rings (SSSR count). The minimum Gasteiger partial charge on any atom is -0.493 e. The molecule has 0 atom stereocenters. The number of carbonyl (C=O) groups excluding carboxylic acids is 1. The van der Waals surface area contributed by atoms with E-state index in [1.54, 1.807) is 6.07 Å². The monoisotopic (exact) mass is 385 g/mol. The van der Waals surface area contributed by atoms with Crippen molar-refractivity contribution in [2.75, 3.05) is 6.61 Å². The van der Waals surface area contributed by atoms with Gasteiger partial charge in [0.1, 0.15) is 17.4 Å². The Morgan fingerprint density at radius 2 is 2.11 bits per heavy atom. The molecule has 7 heteroatoms. The van der Waals surface area contributed by atoms with E-state index in [2.05, 4.69) is 16.9 Å². The van der Waals surface area contributed by atoms with Crippen LogP contribution >= 0.6 is 11.6 Å². The van der Waals surface area contributed by atoms with Crippen molar-refractivity contribution in [3.63, 3.8) is 0 Å². The summed E-state index contributed by atoms with van der Waals surface area (Å²) in [6.07, 6.45) is 3.34. The van der Waals surface area contributed by atoms with E-state index in [4.69, 9.17) is 22.1 Å². The maximum absolute atomic E-state index is 13.7. The zero-order valence-electron chi connectivity index (χ0n) is 14.3. The van der Waals surface area contributed by atoms with E-state index in [0.29, 0.717) is 22.8 Å². The number of hydrogen-bond donors (Lipinski definition) is 2. The zero-order valence-corrected chi connectivity index (χ0v) is 15.1. The number of ether oxygens (including phenoxy) is 1. The summed E-state index contributed by atoms with van der Waals surface area (Å²) in [5.41, 5.74) is 7.62. The Kier molecular flexibility index (Phi) is 5.57. The fraction of sp³-hybridized carbons (Fsp3) is 0.100. The summed E-state index contributed by atoms with van der Waals surface area (Å²) >= 11 is 6.30. The Morgan fingerprint density at radius 3 is 2.85 bits per heavy atom. The van der Waals surface area contributed by atoms with Gasteiger partial charge in [0.2, 0.25) is 0 Å². The van der Waals surface area contributed by atoms with Gasteiger partial charge in [-0.3, -0.25) is 4.79 Å². The highest BCUT2D eigenvalue weighted by Crippen LogP contribution is 2.33. The second-order valence-electron chi connectivity index (χ2n) is 5.81. The van der Waals surface area contributed by atoms with E-state index in [-0.39, 0.29) is 11.4 Å². The van der Waals surface area contributed by atoms with Crippen LogP contribution in [-0.2, 0) is 6.42 Å². The maximum Gasteiger partial charge on any atom is 0.259 e. The second kappa shape index (κ2) is 8.05. The standard InChI is InChI=1S/C20H17ClFN3O2/c1-12(15-9-18-13(6-7-27-18)8-16(15)21)11-24-19(10-23)25-20(26)14-4-2-3-5-17(14)22/h2-5,8-11H,1,6-7,23H2,(H,25,26)/b19-10+,24-11-. The molecule has 138 valence electrons. The van der Waals surface area contributed by atoms with Crippen LogP contribution in [0.2, 0.25) is 5.02 Å². The first-order valence-corrected chi connectivity index (χ1v) is 8.53. The molecule has 0 fully saturated rings. The average molecular weight is 386 g/mol. The molecule has 0 aliphatic carbocycles. The lowest BCUT2D eigenvalue weighted by atomic mass is 10.0. The summed E-state index contributed by atoms with van der Waals surface area (Å²) in [7, 11) is 0. The SMILES string of the molecule is C=C(/C=N\C(=C/N)NC(=O)c1ccccc1F)c1cc2c(cc1Cl)CCO2. The number of rotatable bonds is 5. The Morgan fingerprint density at radius 1 is 1.33 bits per heavy atom. The van der Waals surface area contributed by atoms with Crippen LogP contribution in [0.15, 0.2) is 60.0 Å². The molecular formula is C20H17ClFN3O2. The molecule has 0 saturated heterocycles. The lowest BCUT2D eigenvalue weighted by Crippen LogP contribution is -2.23. The van der Waals surface area contributed by atoms with Crippen molar-refractivity contribution in [3.8, 4) is 5.75 Å². The molecule has 0 aromatic heterocycles. The minimum absolute atomic E-state index is 0.0536. The van der Waals surface area contributed by atoms with Crippen molar-refractivity contribution >= 4 is 29.3 Å². The van der Waals surface area contributed by atoms with Crippen LogP contribution in [0.5, 0.6) is 5.75 Å². The molecule has 0 saturated carbocycles. The molecule has 5 nitrogen and oxygen atoms in total. The number of benzene rings is 2. The zero-order chi connectivity index (χ0) is 19.4. The van der Waals surface area contributed by atoms with E-state index in [1.165, 1.54) is 24.4 Å². The van der Waals surface area contributed by atoms with Crippen LogP contribution in [0, 0.1) is 5.82 Å². The Bertz CT molecular complexity index is 970. The van der Waals surface area contributed by atoms with Gasteiger partial charge in [-0.05, 0) is 35.4 Å². The third kappa shape index (κ3) is 4.17. The number of aliphatic imine (C=N–C) groups is 1. The third-order valence-corrected chi connectivity index (χ3v) is 4.32. The molecule has 27 heavy (non-hydrogen) atoms. The van der Waals surface area contributed by atoms with Gasteiger partial charge in [-0.25, -0.2) is 9.38 Å². The smallest absolute Gasteiger partial charge is 0.259 e. The summed E-state index contributed by atoms with van der Waals surface area (Å²) in [5.74, 6) is -0.467. The van der Waals surface area contributed by atoms with Gasteiger partial charge in [0.15, 0.2) is 0 Å². The molecule has 0 unspecified atom stereocenters. The van der Waals surface area contributed by atoms with Crippen LogP contribution in [0.3, 0.4) is 0 Å². The van der Waals surface area contributed by atoms with Crippen LogP contribution in [-0.4, -0.2) is 18.7 Å². The summed E-state index contributed by atoms with van der Waals surface area (Å²) in [6.45, 7) is 4.56. The van der Waals surface area contributed by atoms with Crippen LogP contribution in [0.4, 0.5) is 4.39 Å². The van der Waals surface area contributed by atoms with E-state index in [1.807, 2.05) is 12.1 Å². The van der Waals surface area contributed by atoms with E-state index in [9.17, 15) is 9.18 Å². The summed E-state index contributed by atoms with van der Waals surface area (Å²) in [6, 6.07) is 9.28. The number of nitrogens with one attached hydrogen (secondary N) is 1. The number of nitrogens with two attached hydrogens (primary N) is 1. The van der Waals surface area contributed by atoms with Crippen molar-refractivity contribution < 1.29 is 13.9 Å². The molecule has 1 heterocycles. The Balaban J connectivity index is 1.73. The average Bonchev–Trinajstić information content (AvgIpc) is 3.11. The molecule has 0 spiro atoms. The molecule has 2 aromatic carbocycles. The Labute approximate surface area is 161 Å². The molecular weight excluding hydrogens is 369 g/mol. The van der Waals surface area contributed by atoms with Gasteiger partial charge < -0.3 is 15.8 Å². The van der Waals surface area contributed by atoms with Crippen molar-refractivity contribution in [2.45, 2.75) is 6.42 Å². The van der Waals surface area contributed by atoms with Gasteiger partial charge in [0.05, 0.1) is 12.2 Å². The van der Waals surface area contributed by atoms with Gasteiger partial charge in [0.25, 0.3) is 5.91 Å². The molecule has 0 bridgehead atoms. The molecule has 1 aliphatic heterocycles. The van der Waals surface area contributed by atoms with Crippen molar-refractivity contribution in [3.05, 3.63) is 82.5 Å². The first kappa shape index (κ1) is 18.7. The van der Waals surface area contributed by atoms with Crippen molar-refractivity contribution in [2.24, 2.45) is 10.7 Å². The van der Waals surface area contributed by atoms with E-state index in [0.717, 1.165) is 23.9 Å². The molecule has 2 aromatic rings. The Hall–Kier alpha value is -3.12. The maximum atomic E-state index is 13.7. The molecule has 1 amide bonds. The molecule has 0 radical (unpaired) electrons. The largest absolute Gasteiger partial charge is 0.493 e. The molecule has 3 N–H and O–H groups in total. The van der Waals surface area contributed by atoms with Crippen LogP contribution < -0.4 is 15.8 Å². The molecule has 1 aliphatic rings. The van der Waals surface area contributed by atoms with Crippen molar-refractivity contribution in [1.29, 1.82) is 0 Å². The van der Waals surface area contributed by atoms with Crippen LogP contribution in [0.1, 0.15) is 21.5 Å². The fourth-order valence-electron chi connectivity index (χ4n) is 2.60. The third-order valence-electron chi connectivity index (χ3n) is 4.00. The van der Waals surface area contributed by atoms with Gasteiger partial charge in [0, 0.05) is 29.4 Å². The number of amides is 1. The number of nitrogens with zero attached hydrogens (tertiary/aromatic N) is 1. The topological polar surface area (TPSA) is 76.7 Å². The van der Waals surface area contributed by atoms with Gasteiger partial charge in [-0.1, -0.05) is 30.3 Å². The second-order valence-corrected chi connectivity index (χ2v) is 6.21. The normalized spacial score (nSPS) is 13.3. The number of halogens is 2. The fourth-order valence-corrected chi connectivity index (χ4v) is 2.91. The highest BCUT2D eigenvalue weighted by molar-refractivity contribution is 6.34. The van der Waals surface area contributed by atoms with Gasteiger partial charge in [-0.2, -0.15) is 0 Å². The lowest BCUT2D eigenvalue weighted by Gasteiger charge is -2.08. The summed E-state index contributed by atoms with van der Waals surface area (Å²) < 4.78 is 19.2. The highest BCUT2D eigenvalue weighted by atomic mass is 35.5. The predicted molar refractivity (Wildman–Crippen MR) is 104 cm³/mol. The summed E-state index contributed by atoms with van der Waals surface area (Å²) in [4.78, 5) is 16.3. The number of hydrogen-bond acceptors (Lipinski definition) is 4. The first-order valence-electron chi connectivity index (χ1n) is 8.16. The minimum atomic E-state index is -0.656. The van der Waals surface area contributed by atoms with Gasteiger partial charge >= 0.3 is 0 Å². The van der Waals surface area contributed by atoms with Crippen LogP contribution in [0.25, 0.3) is 5.57 Å². The summed E-state index contributed by atoms with van der Waals surface area (Å²) in [5, 5.41) is 2.98. The lowest BCUT2D eigenvalue weighted by molar-refractivity contribution is 0.0961. The van der Waals surface area contributed by atoms with E-state index < -0.39 is 11.7 Å². The quantitative estimate of drug-likeness (QED) is 0.771. The number of carbonyl (C=O) groups is 1. The van der Waals surface area contributed by atoms with Gasteiger partial charge in [-0.15, -0.1) is 0 Å². The van der Waals surface area contributed by atoms with Crippen molar-refractivity contribution in [1.82, 2.24) is 5.32 Å². The highest BCUT2D eigenvalue weighted by Gasteiger charge is 2.16. The van der Waals surface area contributed by atoms with E-state index >= 15 is 0 Å². The number of fused-ring (bicyclic) bond motifs is 1. The predicted octanol–water partition coefficient (Wildman–Crippen LogP) is 3.69. The number of allylic oxidation sites excluding steroid dienone is 1. The first-order chi connectivity index (χ1) is 13.0.